The van der Waals surface area contributed by atoms with Crippen LogP contribution in [0.2, 0.25) is 0 Å². The van der Waals surface area contributed by atoms with Crippen LogP contribution in [0, 0.1) is 0 Å². The predicted molar refractivity (Wildman–Crippen MR) is 264 cm³/mol. The molecule has 0 amide bonds. The van der Waals surface area contributed by atoms with Gasteiger partial charge in [-0.2, -0.15) is 0 Å². The van der Waals surface area contributed by atoms with Gasteiger partial charge in [0.2, 0.25) is 0 Å². The number of hydrogen-bond donors (Lipinski definition) is 0. The van der Waals surface area contributed by atoms with E-state index < -0.39 is 5.41 Å². The van der Waals surface area contributed by atoms with Gasteiger partial charge in [0.1, 0.15) is 11.5 Å². The maximum absolute atomic E-state index is 6.90. The predicted octanol–water partition coefficient (Wildman–Crippen LogP) is 16.4. The SMILES string of the molecule is CC1(C)c2ccc(N(c3ccc(-c4ccccc4)cc3)c3ccc4c(c3)C3(c5ccccc5O4)c4ccccc4-c4ccccc43)cc2-c2c(-c3ccccc3)ccc3cccc1c23. The average Bonchev–Trinajstić information content (AvgIpc) is 3.64. The first-order valence-electron chi connectivity index (χ1n) is 22.3. The number of nitrogens with zero attached hydrogens (tertiary/aromatic N) is 1. The van der Waals surface area contributed by atoms with E-state index in [1.165, 1.54) is 77.5 Å². The fraction of sp³-hybridized carbons (Fsp3) is 0.0645. The summed E-state index contributed by atoms with van der Waals surface area (Å²) in [4.78, 5) is 2.45. The second kappa shape index (κ2) is 13.8. The molecule has 2 nitrogen and oxygen atoms in total. The first-order chi connectivity index (χ1) is 31.5. The molecule has 1 aliphatic heterocycles. The molecule has 2 aliphatic carbocycles. The van der Waals surface area contributed by atoms with E-state index in [0.29, 0.717) is 0 Å². The van der Waals surface area contributed by atoms with Crippen molar-refractivity contribution in [3.63, 3.8) is 0 Å². The maximum Gasteiger partial charge on any atom is 0.132 e. The lowest BCUT2D eigenvalue weighted by molar-refractivity contribution is 0.436. The van der Waals surface area contributed by atoms with Gasteiger partial charge in [-0.3, -0.25) is 0 Å². The van der Waals surface area contributed by atoms with E-state index in [9.17, 15) is 0 Å². The van der Waals surface area contributed by atoms with Crippen LogP contribution < -0.4 is 9.64 Å². The molecular weight excluding hydrogens is 775 g/mol. The highest BCUT2D eigenvalue weighted by Gasteiger charge is 2.51. The Hall–Kier alpha value is -7.94. The highest BCUT2D eigenvalue weighted by atomic mass is 16.5. The molecule has 1 heterocycles. The van der Waals surface area contributed by atoms with Gasteiger partial charge in [-0.1, -0.05) is 190 Å². The summed E-state index contributed by atoms with van der Waals surface area (Å²) < 4.78 is 6.90. The lowest BCUT2D eigenvalue weighted by atomic mass is 9.66. The normalized spacial score (nSPS) is 14.2. The Labute approximate surface area is 374 Å². The Balaban J connectivity index is 1.08. The Bertz CT molecular complexity index is 3450. The zero-order chi connectivity index (χ0) is 42.6. The number of fused-ring (bicyclic) bond motifs is 11. The minimum atomic E-state index is -0.583. The fourth-order valence-electron chi connectivity index (χ4n) is 11.5. The quantitative estimate of drug-likeness (QED) is 0.172. The molecule has 0 atom stereocenters. The van der Waals surface area contributed by atoms with Crippen LogP contribution in [0.3, 0.4) is 0 Å². The van der Waals surface area contributed by atoms with Gasteiger partial charge in [0.05, 0.1) is 5.41 Å². The van der Waals surface area contributed by atoms with Crippen LogP contribution in [0.4, 0.5) is 17.1 Å². The van der Waals surface area contributed by atoms with E-state index in [-0.39, 0.29) is 5.41 Å². The molecule has 10 aromatic rings. The first-order valence-corrected chi connectivity index (χ1v) is 22.3. The summed E-state index contributed by atoms with van der Waals surface area (Å²) in [7, 11) is 0. The van der Waals surface area contributed by atoms with E-state index in [1.54, 1.807) is 0 Å². The Morgan fingerprint density at radius 2 is 0.906 bits per heavy atom. The second-order valence-corrected chi connectivity index (χ2v) is 18.0. The van der Waals surface area contributed by atoms with Crippen LogP contribution in [0.1, 0.15) is 47.2 Å². The molecule has 13 rings (SSSR count). The van der Waals surface area contributed by atoms with Crippen molar-refractivity contribution in [1.82, 2.24) is 0 Å². The van der Waals surface area contributed by atoms with Gasteiger partial charge in [0, 0.05) is 33.6 Å². The van der Waals surface area contributed by atoms with E-state index in [4.69, 9.17) is 4.74 Å². The third-order valence-corrected chi connectivity index (χ3v) is 14.3. The first kappa shape index (κ1) is 36.7. The van der Waals surface area contributed by atoms with Crippen LogP contribution in [-0.2, 0) is 10.8 Å². The summed E-state index contributed by atoms with van der Waals surface area (Å²) in [5.41, 5.74) is 19.9. The molecule has 3 aliphatic rings. The van der Waals surface area contributed by atoms with Crippen LogP contribution in [0.25, 0.3) is 55.3 Å². The van der Waals surface area contributed by atoms with Crippen molar-refractivity contribution in [2.45, 2.75) is 24.7 Å². The minimum Gasteiger partial charge on any atom is -0.457 e. The number of ether oxygens (including phenoxy) is 1. The molecule has 0 fully saturated rings. The van der Waals surface area contributed by atoms with Crippen molar-refractivity contribution in [3.05, 3.63) is 258 Å². The lowest BCUT2D eigenvalue weighted by Gasteiger charge is -2.40. The van der Waals surface area contributed by atoms with Crippen LogP contribution in [0.5, 0.6) is 11.5 Å². The fourth-order valence-corrected chi connectivity index (χ4v) is 11.5. The summed E-state index contributed by atoms with van der Waals surface area (Å²) in [6, 6.07) is 82.6. The molecule has 2 heteroatoms. The summed E-state index contributed by atoms with van der Waals surface area (Å²) in [6.45, 7) is 4.77. The van der Waals surface area contributed by atoms with Gasteiger partial charge in [0.25, 0.3) is 0 Å². The molecule has 0 radical (unpaired) electrons. The van der Waals surface area contributed by atoms with Gasteiger partial charge in [-0.25, -0.2) is 0 Å². The summed E-state index contributed by atoms with van der Waals surface area (Å²) >= 11 is 0. The Morgan fingerprint density at radius 1 is 0.344 bits per heavy atom. The minimum absolute atomic E-state index is 0.218. The molecule has 302 valence electrons. The molecule has 10 aromatic carbocycles. The highest BCUT2D eigenvalue weighted by Crippen LogP contribution is 2.63. The summed E-state index contributed by atoms with van der Waals surface area (Å²) in [6.07, 6.45) is 0. The number of hydrogen-bond acceptors (Lipinski definition) is 2. The summed E-state index contributed by atoms with van der Waals surface area (Å²) in [5.74, 6) is 1.76. The standard InChI is InChI=1S/C62H43NO/c1-61(2)51-36-33-45(38-50(51)60-47(42-18-7-4-8-19-42)35-30-43-20-15-26-55(61)59(43)60)63(44-31-28-41(29-32-44)40-16-5-3-6-17-40)46-34-37-58-56(39-46)62(54-25-13-14-27-57(54)64-58)52-23-11-9-21-48(52)49-22-10-12-24-53(49)62/h3-39H,1-2H3. The number of para-hydroxylation sites is 1. The maximum atomic E-state index is 6.90. The topological polar surface area (TPSA) is 12.5 Å². The Kier molecular flexibility index (Phi) is 7.90. The third kappa shape index (κ3) is 5.14. The molecule has 0 bridgehead atoms. The van der Waals surface area contributed by atoms with Gasteiger partial charge >= 0.3 is 0 Å². The van der Waals surface area contributed by atoms with Gasteiger partial charge in [-0.15, -0.1) is 0 Å². The van der Waals surface area contributed by atoms with E-state index in [1.807, 2.05) is 0 Å². The molecule has 0 saturated heterocycles. The molecule has 0 N–H and O–H groups in total. The van der Waals surface area contributed by atoms with E-state index in [0.717, 1.165) is 39.7 Å². The monoisotopic (exact) mass is 817 g/mol. The van der Waals surface area contributed by atoms with Crippen molar-refractivity contribution in [2.24, 2.45) is 0 Å². The average molecular weight is 818 g/mol. The van der Waals surface area contributed by atoms with Crippen molar-refractivity contribution in [1.29, 1.82) is 0 Å². The number of rotatable bonds is 5. The number of benzene rings is 10. The lowest BCUT2D eigenvalue weighted by Crippen LogP contribution is -2.32. The largest absolute Gasteiger partial charge is 0.457 e. The smallest absolute Gasteiger partial charge is 0.132 e. The van der Waals surface area contributed by atoms with Crippen molar-refractivity contribution < 1.29 is 4.74 Å². The highest BCUT2D eigenvalue weighted by molar-refractivity contribution is 6.10. The van der Waals surface area contributed by atoms with Crippen LogP contribution in [-0.4, -0.2) is 0 Å². The van der Waals surface area contributed by atoms with Gasteiger partial charge in [-0.05, 0) is 126 Å². The molecule has 0 saturated carbocycles. The molecular formula is C62H43NO. The molecule has 1 spiro atoms. The van der Waals surface area contributed by atoms with Crippen molar-refractivity contribution in [2.75, 3.05) is 4.90 Å². The van der Waals surface area contributed by atoms with Crippen molar-refractivity contribution in [3.8, 4) is 56.0 Å². The van der Waals surface area contributed by atoms with Gasteiger partial charge in [0.15, 0.2) is 0 Å². The van der Waals surface area contributed by atoms with Crippen molar-refractivity contribution >= 4 is 27.8 Å². The zero-order valence-corrected chi connectivity index (χ0v) is 35.7. The molecule has 64 heavy (non-hydrogen) atoms. The second-order valence-electron chi connectivity index (χ2n) is 18.0. The van der Waals surface area contributed by atoms with Crippen LogP contribution in [0.15, 0.2) is 224 Å². The Morgan fingerprint density at radius 3 is 1.64 bits per heavy atom. The molecule has 0 unspecified atom stereocenters. The zero-order valence-electron chi connectivity index (χ0n) is 35.7. The van der Waals surface area contributed by atoms with E-state index >= 15 is 0 Å². The third-order valence-electron chi connectivity index (χ3n) is 14.3. The van der Waals surface area contributed by atoms with Gasteiger partial charge < -0.3 is 9.64 Å². The molecule has 0 aromatic heterocycles. The number of anilines is 3. The van der Waals surface area contributed by atoms with E-state index in [2.05, 4.69) is 243 Å². The summed E-state index contributed by atoms with van der Waals surface area (Å²) in [5, 5.41) is 2.60. The van der Waals surface area contributed by atoms with Crippen LogP contribution >= 0.6 is 0 Å².